The zero-order valence-electron chi connectivity index (χ0n) is 10.6. The maximum atomic E-state index is 8.30. The molecule has 0 saturated heterocycles. The van der Waals surface area contributed by atoms with Crippen molar-refractivity contribution in [3.63, 3.8) is 0 Å². The van der Waals surface area contributed by atoms with Crippen molar-refractivity contribution in [3.05, 3.63) is 61.7 Å². The molecular weight excluding hydrogens is 494 g/mol. The summed E-state index contributed by atoms with van der Waals surface area (Å²) in [6.07, 6.45) is 0. The Kier molecular flexibility index (Phi) is 18.0. The van der Waals surface area contributed by atoms with Crippen LogP contribution in [0.4, 0.5) is 14.1 Å². The van der Waals surface area contributed by atoms with Crippen molar-refractivity contribution in [2.45, 2.75) is 0 Å². The quantitative estimate of drug-likeness (QED) is 0.423. The summed E-state index contributed by atoms with van der Waals surface area (Å²) in [5, 5.41) is 0. The molecule has 0 spiro atoms. The molecule has 0 unspecified atom stereocenters. The van der Waals surface area contributed by atoms with Crippen LogP contribution in [0.5, 0.6) is 5.75 Å². The number of halogens is 4. The van der Waals surface area contributed by atoms with Crippen molar-refractivity contribution in [2.75, 3.05) is 7.11 Å². The van der Waals surface area contributed by atoms with Crippen LogP contribution >= 0.6 is 0 Å². The van der Waals surface area contributed by atoms with Gasteiger partial charge in [0.25, 0.3) is 0 Å². The predicted octanol–water partition coefficient (Wildman–Crippen LogP) is -0.218. The number of methoxy groups -OCH3 is 1. The number of rotatable bonds is 3. The first-order valence-corrected chi connectivity index (χ1v) is 8.10. The molecule has 1 radical (unpaired) electrons. The molecule has 0 aliphatic heterocycles. The third-order valence-electron chi connectivity index (χ3n) is 2.00. The Balaban J connectivity index is -0.000000553. The second-order valence-electron chi connectivity index (χ2n) is 3.05. The molecule has 0 heterocycles. The van der Waals surface area contributed by atoms with E-state index >= 15 is 0 Å². The van der Waals surface area contributed by atoms with Gasteiger partial charge < -0.3 is 4.74 Å². The Morgan fingerprint density at radius 2 is 1.25 bits per heavy atom. The Hall–Kier alpha value is -0.622. The molecule has 0 aliphatic carbocycles. The van der Waals surface area contributed by atoms with Crippen LogP contribution < -0.4 is 25.9 Å². The number of benzene rings is 2. The fourth-order valence-corrected chi connectivity index (χ4v) is 3.45. The van der Waals surface area contributed by atoms with E-state index in [1.807, 2.05) is 12.1 Å². The average Bonchev–Trinajstić information content (AvgIpc) is 2.43. The van der Waals surface area contributed by atoms with Crippen LogP contribution in [0, 0.1) is 7.14 Å². The van der Waals surface area contributed by atoms with E-state index in [9.17, 15) is 0 Å². The average molecular weight is 509 g/mol. The zero-order valence-corrected chi connectivity index (χ0v) is 15.3. The molecule has 0 aliphatic rings. The van der Waals surface area contributed by atoms with E-state index in [0.29, 0.717) is 23.0 Å². The molecular formula is C13H15F3IO2Sb+. The molecule has 7 heteroatoms. The second kappa shape index (κ2) is 14.8. The fraction of sp³-hybridized carbons (Fsp3) is 0.0769. The van der Waals surface area contributed by atoms with E-state index in [1.54, 1.807) is 7.11 Å². The van der Waals surface area contributed by atoms with Crippen molar-refractivity contribution >= 4 is 23.0 Å². The van der Waals surface area contributed by atoms with Gasteiger partial charge in [-0.05, 0) is 36.4 Å². The van der Waals surface area contributed by atoms with Crippen LogP contribution in [0.25, 0.3) is 0 Å². The van der Waals surface area contributed by atoms with Gasteiger partial charge in [0.15, 0.2) is 7.14 Å². The summed E-state index contributed by atoms with van der Waals surface area (Å²) < 4.78 is 16.3. The van der Waals surface area contributed by atoms with E-state index in [1.165, 1.54) is 7.14 Å². The van der Waals surface area contributed by atoms with E-state index in [-0.39, 0.29) is 35.3 Å². The standard InChI is InChI=1S/C13H12IO.3FH.O.Sb/c1-15-13-9-7-12(8-10-13)14-11-5-3-2-4-6-11;;;;;/h2-10H,1H3;3*1H;;/q+1;;;;;. The Morgan fingerprint density at radius 3 is 1.70 bits per heavy atom. The van der Waals surface area contributed by atoms with Crippen LogP contribution in [0.2, 0.25) is 0 Å². The van der Waals surface area contributed by atoms with Gasteiger partial charge in [-0.15, -0.1) is 0 Å². The first kappa shape index (κ1) is 24.4. The molecule has 2 nitrogen and oxygen atoms in total. The molecule has 0 N–H and O–H groups in total. The van der Waals surface area contributed by atoms with Crippen molar-refractivity contribution in [3.8, 4) is 5.75 Å². The van der Waals surface area contributed by atoms with Gasteiger partial charge in [0.2, 0.25) is 0 Å². The minimum atomic E-state index is -0.0449. The third-order valence-corrected chi connectivity index (χ3v) is 4.68. The number of hydrogen-bond acceptors (Lipinski definition) is 2. The van der Waals surface area contributed by atoms with E-state index in [4.69, 9.17) is 7.75 Å². The third kappa shape index (κ3) is 8.53. The number of hydrogen-bond donors (Lipinski definition) is 0. The molecule has 111 valence electrons. The van der Waals surface area contributed by atoms with E-state index in [2.05, 4.69) is 42.5 Å². The Labute approximate surface area is 140 Å². The normalized spacial score (nSPS) is 7.65. The summed E-state index contributed by atoms with van der Waals surface area (Å²) in [4.78, 5) is 0. The Bertz CT molecular complexity index is 443. The molecule has 2 aromatic carbocycles. The van der Waals surface area contributed by atoms with E-state index in [0.717, 1.165) is 5.75 Å². The van der Waals surface area contributed by atoms with Crippen LogP contribution in [0.15, 0.2) is 54.6 Å². The molecule has 0 amide bonds. The van der Waals surface area contributed by atoms with E-state index < -0.39 is 0 Å². The van der Waals surface area contributed by atoms with Crippen molar-refractivity contribution in [1.82, 2.24) is 0 Å². The zero-order chi connectivity index (χ0) is 12.5. The molecule has 0 saturated carbocycles. The van der Waals surface area contributed by atoms with Crippen molar-refractivity contribution < 1.29 is 43.1 Å². The van der Waals surface area contributed by atoms with Gasteiger partial charge in [-0.2, -0.15) is 0 Å². The summed E-state index contributed by atoms with van der Waals surface area (Å²) in [5.74, 6) is 0.927. The van der Waals surface area contributed by atoms with Gasteiger partial charge in [-0.1, -0.05) is 18.2 Å². The molecule has 2 aromatic rings. The summed E-state index contributed by atoms with van der Waals surface area (Å²) >= 11 is 0.455. The van der Waals surface area contributed by atoms with Gasteiger partial charge in [0, 0.05) is 0 Å². The van der Waals surface area contributed by atoms with Crippen LogP contribution in [0.3, 0.4) is 0 Å². The van der Waals surface area contributed by atoms with Crippen molar-refractivity contribution in [2.24, 2.45) is 0 Å². The van der Waals surface area contributed by atoms with Crippen LogP contribution in [-0.4, -0.2) is 30.1 Å². The molecule has 0 atom stereocenters. The minimum absolute atomic E-state index is 0. The topological polar surface area (TPSA) is 26.3 Å². The van der Waals surface area contributed by atoms with Gasteiger partial charge in [0.1, 0.15) is 5.75 Å². The summed E-state index contributed by atoms with van der Waals surface area (Å²) in [6, 6.07) is 19.0. The second-order valence-corrected chi connectivity index (χ2v) is 6.08. The molecule has 0 aromatic heterocycles. The Morgan fingerprint density at radius 1 is 0.800 bits per heavy atom. The first-order chi connectivity index (χ1) is 8.38. The fourth-order valence-electron chi connectivity index (χ4n) is 1.24. The summed E-state index contributed by atoms with van der Waals surface area (Å²) in [5.41, 5.74) is 0. The van der Waals surface area contributed by atoms with Crippen molar-refractivity contribution in [1.29, 1.82) is 0 Å². The molecule has 0 fully saturated rings. The molecule has 20 heavy (non-hydrogen) atoms. The monoisotopic (exact) mass is 508 g/mol. The van der Waals surface area contributed by atoms with Gasteiger partial charge in [0.05, 0.1) is 7.11 Å². The predicted molar refractivity (Wildman–Crippen MR) is 70.8 cm³/mol. The van der Waals surface area contributed by atoms with Crippen LogP contribution in [0.1, 0.15) is 0 Å². The van der Waals surface area contributed by atoms with Crippen LogP contribution in [-0.2, 0) is 3.02 Å². The summed E-state index contributed by atoms with van der Waals surface area (Å²) in [6.45, 7) is 0. The molecule has 0 bridgehead atoms. The maximum absolute atomic E-state index is 8.30. The first-order valence-electron chi connectivity index (χ1n) is 4.90. The molecule has 2 rings (SSSR count). The SMILES string of the molecule is COc1ccc([I+]c2ccccc2)cc1.F.F.F.[O]=[Sb]. The number of ether oxygens (including phenoxy) is 1. The van der Waals surface area contributed by atoms with Gasteiger partial charge in [-0.25, -0.2) is 0 Å². The van der Waals surface area contributed by atoms with Gasteiger partial charge in [-0.3, -0.25) is 14.1 Å². The van der Waals surface area contributed by atoms with Gasteiger partial charge >= 0.3 is 47.2 Å². The summed E-state index contributed by atoms with van der Waals surface area (Å²) in [7, 11) is 1.70.